The molecule has 23 heavy (non-hydrogen) atoms. The van der Waals surface area contributed by atoms with Crippen LogP contribution < -0.4 is 10.6 Å². The summed E-state index contributed by atoms with van der Waals surface area (Å²) in [5, 5.41) is 7.36. The van der Waals surface area contributed by atoms with Crippen LogP contribution in [0.1, 0.15) is 18.1 Å². The first-order chi connectivity index (χ1) is 11.2. The van der Waals surface area contributed by atoms with E-state index < -0.39 is 0 Å². The molecule has 2 N–H and O–H groups in total. The number of aromatic nitrogens is 1. The summed E-state index contributed by atoms with van der Waals surface area (Å²) in [5.41, 5.74) is 5.54. The predicted molar refractivity (Wildman–Crippen MR) is 94.8 cm³/mol. The van der Waals surface area contributed by atoms with Crippen LogP contribution in [0.3, 0.4) is 0 Å². The molecule has 0 fully saturated rings. The van der Waals surface area contributed by atoms with Gasteiger partial charge in [-0.1, -0.05) is 18.2 Å². The van der Waals surface area contributed by atoms with Crippen LogP contribution in [-0.4, -0.2) is 17.4 Å². The molecule has 1 aliphatic rings. The summed E-state index contributed by atoms with van der Waals surface area (Å²) < 4.78 is 1.17. The Morgan fingerprint density at radius 1 is 1.26 bits per heavy atom. The first-order valence-electron chi connectivity index (χ1n) is 7.71. The lowest BCUT2D eigenvalue weighted by molar-refractivity contribution is -0.114. The molecule has 0 bridgehead atoms. The van der Waals surface area contributed by atoms with Crippen LogP contribution >= 0.6 is 11.3 Å². The lowest BCUT2D eigenvalue weighted by Gasteiger charge is -2.22. The molecule has 0 saturated carbocycles. The van der Waals surface area contributed by atoms with Crippen LogP contribution in [0.2, 0.25) is 0 Å². The summed E-state index contributed by atoms with van der Waals surface area (Å²) in [6, 6.07) is 12.3. The van der Waals surface area contributed by atoms with E-state index in [4.69, 9.17) is 4.98 Å². The van der Waals surface area contributed by atoms with Gasteiger partial charge in [-0.3, -0.25) is 4.79 Å². The van der Waals surface area contributed by atoms with Gasteiger partial charge in [-0.05, 0) is 42.3 Å². The number of hydrogen-bond acceptors (Lipinski definition) is 4. The summed E-state index contributed by atoms with van der Waals surface area (Å²) in [7, 11) is 0. The number of rotatable bonds is 2. The van der Waals surface area contributed by atoms with Crippen LogP contribution in [0.25, 0.3) is 20.8 Å². The van der Waals surface area contributed by atoms with Crippen molar-refractivity contribution in [2.75, 3.05) is 11.9 Å². The Balaban J connectivity index is 1.95. The van der Waals surface area contributed by atoms with Crippen LogP contribution in [-0.2, 0) is 17.8 Å². The average molecular weight is 323 g/mol. The van der Waals surface area contributed by atoms with Crippen molar-refractivity contribution in [3.63, 3.8) is 0 Å². The number of nitrogens with one attached hydrogen (secondary N) is 2. The molecule has 0 saturated heterocycles. The summed E-state index contributed by atoms with van der Waals surface area (Å²) in [5.74, 6) is -0.0544. The molecule has 0 radical (unpaired) electrons. The smallest absolute Gasteiger partial charge is 0.221 e. The summed E-state index contributed by atoms with van der Waals surface area (Å²) >= 11 is 1.68. The zero-order valence-electron chi connectivity index (χ0n) is 12.8. The number of amides is 1. The quantitative estimate of drug-likeness (QED) is 0.758. The number of fused-ring (bicyclic) bond motifs is 2. The standard InChI is InChI=1S/C18H17N3OS/c1-11(22)20-15-7-6-12-10-19-9-8-13(12)17(15)18-21-14-4-2-3-5-16(14)23-18/h2-7,19H,8-10H2,1H3,(H,20,22). The molecule has 5 heteroatoms. The SMILES string of the molecule is CC(=O)Nc1ccc2c(c1-c1nc3ccccc3s1)CCNC2. The van der Waals surface area contributed by atoms with Gasteiger partial charge in [-0.15, -0.1) is 11.3 Å². The molecule has 2 aromatic carbocycles. The fourth-order valence-corrected chi connectivity index (χ4v) is 4.15. The van der Waals surface area contributed by atoms with Gasteiger partial charge in [0.1, 0.15) is 5.01 Å². The second kappa shape index (κ2) is 5.76. The van der Waals surface area contributed by atoms with Gasteiger partial charge in [0.2, 0.25) is 5.91 Å². The van der Waals surface area contributed by atoms with E-state index in [-0.39, 0.29) is 5.91 Å². The number of carbonyl (C=O) groups is 1. The normalized spacial score (nSPS) is 13.8. The molecule has 1 aliphatic heterocycles. The maximum Gasteiger partial charge on any atom is 0.221 e. The predicted octanol–water partition coefficient (Wildman–Crippen LogP) is 3.57. The Labute approximate surface area is 138 Å². The highest BCUT2D eigenvalue weighted by Crippen LogP contribution is 2.39. The lowest BCUT2D eigenvalue weighted by atomic mass is 9.94. The topological polar surface area (TPSA) is 54.0 Å². The van der Waals surface area contributed by atoms with Crippen molar-refractivity contribution in [3.8, 4) is 10.6 Å². The molecule has 2 heterocycles. The third-order valence-corrected chi connectivity index (χ3v) is 5.15. The van der Waals surface area contributed by atoms with Crippen molar-refractivity contribution in [1.82, 2.24) is 10.3 Å². The van der Waals surface area contributed by atoms with E-state index in [9.17, 15) is 4.79 Å². The fraction of sp³-hybridized carbons (Fsp3) is 0.222. The highest BCUT2D eigenvalue weighted by Gasteiger charge is 2.20. The van der Waals surface area contributed by atoms with Crippen LogP contribution in [0.15, 0.2) is 36.4 Å². The maximum atomic E-state index is 11.6. The first kappa shape index (κ1) is 14.4. The van der Waals surface area contributed by atoms with Crippen molar-refractivity contribution in [3.05, 3.63) is 47.5 Å². The molecule has 0 atom stereocenters. The van der Waals surface area contributed by atoms with Crippen molar-refractivity contribution in [2.24, 2.45) is 0 Å². The van der Waals surface area contributed by atoms with Crippen molar-refractivity contribution in [2.45, 2.75) is 19.9 Å². The minimum Gasteiger partial charge on any atom is -0.326 e. The van der Waals surface area contributed by atoms with Gasteiger partial charge >= 0.3 is 0 Å². The van der Waals surface area contributed by atoms with Gasteiger partial charge in [0.25, 0.3) is 0 Å². The van der Waals surface area contributed by atoms with Gasteiger partial charge in [0.15, 0.2) is 0 Å². The minimum absolute atomic E-state index is 0.0544. The van der Waals surface area contributed by atoms with Gasteiger partial charge in [-0.2, -0.15) is 0 Å². The van der Waals surface area contributed by atoms with Gasteiger partial charge in [0, 0.05) is 19.0 Å². The maximum absolute atomic E-state index is 11.6. The van der Waals surface area contributed by atoms with Gasteiger partial charge in [0.05, 0.1) is 15.9 Å². The number of anilines is 1. The zero-order valence-corrected chi connectivity index (χ0v) is 13.7. The number of nitrogens with zero attached hydrogens (tertiary/aromatic N) is 1. The highest BCUT2D eigenvalue weighted by atomic mass is 32.1. The van der Waals surface area contributed by atoms with Crippen LogP contribution in [0, 0.1) is 0 Å². The Hall–Kier alpha value is -2.24. The third kappa shape index (κ3) is 2.62. The molecular weight excluding hydrogens is 306 g/mol. The van der Waals surface area contributed by atoms with Crippen molar-refractivity contribution >= 4 is 33.1 Å². The third-order valence-electron chi connectivity index (χ3n) is 4.10. The lowest BCUT2D eigenvalue weighted by Crippen LogP contribution is -2.24. The molecule has 0 aliphatic carbocycles. The van der Waals surface area contributed by atoms with E-state index in [1.807, 2.05) is 24.3 Å². The van der Waals surface area contributed by atoms with E-state index in [0.29, 0.717) is 0 Å². The first-order valence-corrected chi connectivity index (χ1v) is 8.53. The van der Waals surface area contributed by atoms with Crippen molar-refractivity contribution < 1.29 is 4.79 Å². The van der Waals surface area contributed by atoms with Crippen molar-refractivity contribution in [1.29, 1.82) is 0 Å². The fourth-order valence-electron chi connectivity index (χ4n) is 3.10. The average Bonchev–Trinajstić information content (AvgIpc) is 2.97. The Morgan fingerprint density at radius 2 is 2.13 bits per heavy atom. The van der Waals surface area contributed by atoms with Gasteiger partial charge in [-0.25, -0.2) is 4.98 Å². The minimum atomic E-state index is -0.0544. The molecule has 4 rings (SSSR count). The molecular formula is C18H17N3OS. The van der Waals surface area contributed by atoms with Crippen LogP contribution in [0.4, 0.5) is 5.69 Å². The number of thiazole rings is 1. The van der Waals surface area contributed by atoms with E-state index >= 15 is 0 Å². The second-order valence-electron chi connectivity index (χ2n) is 5.72. The number of hydrogen-bond donors (Lipinski definition) is 2. The second-order valence-corrected chi connectivity index (χ2v) is 6.75. The summed E-state index contributed by atoms with van der Waals surface area (Å²) in [4.78, 5) is 16.4. The molecule has 1 amide bonds. The summed E-state index contributed by atoms with van der Waals surface area (Å²) in [6.07, 6.45) is 0.952. The largest absolute Gasteiger partial charge is 0.326 e. The molecule has 116 valence electrons. The van der Waals surface area contributed by atoms with E-state index in [2.05, 4.69) is 22.8 Å². The number of para-hydroxylation sites is 1. The van der Waals surface area contributed by atoms with E-state index in [1.54, 1.807) is 18.3 Å². The summed E-state index contributed by atoms with van der Waals surface area (Å²) in [6.45, 7) is 3.37. The Morgan fingerprint density at radius 3 is 2.96 bits per heavy atom. The number of carbonyl (C=O) groups excluding carboxylic acids is 1. The molecule has 0 spiro atoms. The molecule has 3 aromatic rings. The molecule has 1 aromatic heterocycles. The monoisotopic (exact) mass is 323 g/mol. The van der Waals surface area contributed by atoms with Gasteiger partial charge < -0.3 is 10.6 Å². The Bertz CT molecular complexity index is 867. The van der Waals surface area contributed by atoms with E-state index in [0.717, 1.165) is 41.3 Å². The van der Waals surface area contributed by atoms with Crippen LogP contribution in [0.5, 0.6) is 0 Å². The molecule has 4 nitrogen and oxygen atoms in total. The number of benzene rings is 2. The Kier molecular flexibility index (Phi) is 3.59. The van der Waals surface area contributed by atoms with E-state index in [1.165, 1.54) is 15.8 Å². The molecule has 0 unspecified atom stereocenters. The zero-order chi connectivity index (χ0) is 15.8. The highest BCUT2D eigenvalue weighted by molar-refractivity contribution is 7.21.